The molecule has 0 radical (unpaired) electrons. The molecule has 2 aromatic rings. The van der Waals surface area contributed by atoms with Crippen LogP contribution in [-0.4, -0.2) is 13.7 Å². The van der Waals surface area contributed by atoms with Gasteiger partial charge in [-0.15, -0.1) is 0 Å². The van der Waals surface area contributed by atoms with E-state index >= 15 is 0 Å². The lowest BCUT2D eigenvalue weighted by Crippen LogP contribution is -2.20. The Balaban J connectivity index is 2.55. The van der Waals surface area contributed by atoms with Crippen LogP contribution in [0.5, 0.6) is 5.75 Å². The van der Waals surface area contributed by atoms with Crippen LogP contribution in [0.1, 0.15) is 25.5 Å². The fourth-order valence-electron chi connectivity index (χ4n) is 2.50. The van der Waals surface area contributed by atoms with Crippen LogP contribution in [0.4, 0.5) is 11.4 Å². The van der Waals surface area contributed by atoms with Gasteiger partial charge >= 0.3 is 0 Å². The fourth-order valence-corrected chi connectivity index (χ4v) is 2.50. The van der Waals surface area contributed by atoms with E-state index in [1.807, 2.05) is 37.3 Å². The second-order valence-corrected chi connectivity index (χ2v) is 4.76. The second-order valence-electron chi connectivity index (χ2n) is 4.76. The summed E-state index contributed by atoms with van der Waals surface area (Å²) in [7, 11) is 1.68. The first-order valence-corrected chi connectivity index (χ1v) is 6.94. The van der Waals surface area contributed by atoms with Gasteiger partial charge in [-0.05, 0) is 38.1 Å². The Hall–Kier alpha value is -2.00. The van der Waals surface area contributed by atoms with Gasteiger partial charge in [-0.25, -0.2) is 0 Å². The SMILES string of the molecule is CCN(c1ccccc1)c1cccc(OC)c1C(C)N. The van der Waals surface area contributed by atoms with Crippen LogP contribution in [0, 0.1) is 0 Å². The molecule has 0 saturated heterocycles. The summed E-state index contributed by atoms with van der Waals surface area (Å²) in [6, 6.07) is 16.3. The zero-order chi connectivity index (χ0) is 14.5. The second kappa shape index (κ2) is 6.44. The lowest BCUT2D eigenvalue weighted by molar-refractivity contribution is 0.407. The topological polar surface area (TPSA) is 38.5 Å². The van der Waals surface area contributed by atoms with Crippen molar-refractivity contribution >= 4 is 11.4 Å². The van der Waals surface area contributed by atoms with Crippen molar-refractivity contribution in [2.45, 2.75) is 19.9 Å². The van der Waals surface area contributed by atoms with Gasteiger partial charge in [-0.2, -0.15) is 0 Å². The number of ether oxygens (including phenoxy) is 1. The molecule has 1 atom stereocenters. The molecule has 0 bridgehead atoms. The molecule has 3 heteroatoms. The molecule has 3 nitrogen and oxygen atoms in total. The molecule has 1 unspecified atom stereocenters. The first-order valence-electron chi connectivity index (χ1n) is 6.94. The summed E-state index contributed by atoms with van der Waals surface area (Å²) in [6.07, 6.45) is 0. The number of para-hydroxylation sites is 1. The number of hydrogen-bond donors (Lipinski definition) is 1. The molecule has 0 aliphatic heterocycles. The minimum absolute atomic E-state index is 0.0843. The molecule has 0 aliphatic carbocycles. The van der Waals surface area contributed by atoms with Gasteiger partial charge in [0.25, 0.3) is 0 Å². The maximum Gasteiger partial charge on any atom is 0.125 e. The largest absolute Gasteiger partial charge is 0.496 e. The summed E-state index contributed by atoms with van der Waals surface area (Å²) in [5, 5.41) is 0. The van der Waals surface area contributed by atoms with E-state index in [4.69, 9.17) is 10.5 Å². The minimum atomic E-state index is -0.0843. The van der Waals surface area contributed by atoms with Crippen LogP contribution >= 0.6 is 0 Å². The van der Waals surface area contributed by atoms with Crippen molar-refractivity contribution in [2.24, 2.45) is 5.73 Å². The lowest BCUT2D eigenvalue weighted by atomic mass is 10.0. The summed E-state index contributed by atoms with van der Waals surface area (Å²) in [5.41, 5.74) is 9.46. The summed E-state index contributed by atoms with van der Waals surface area (Å²) in [6.45, 7) is 4.99. The minimum Gasteiger partial charge on any atom is -0.496 e. The van der Waals surface area contributed by atoms with Crippen molar-refractivity contribution in [3.8, 4) is 5.75 Å². The normalized spacial score (nSPS) is 12.0. The Kier molecular flexibility index (Phi) is 4.64. The molecule has 106 valence electrons. The highest BCUT2D eigenvalue weighted by molar-refractivity contribution is 5.69. The molecule has 0 fully saturated rings. The summed E-state index contributed by atoms with van der Waals surface area (Å²) in [5.74, 6) is 0.840. The molecule has 0 heterocycles. The van der Waals surface area contributed by atoms with E-state index in [9.17, 15) is 0 Å². The van der Waals surface area contributed by atoms with Crippen LogP contribution in [0.25, 0.3) is 0 Å². The van der Waals surface area contributed by atoms with Crippen molar-refractivity contribution in [3.63, 3.8) is 0 Å². The number of nitrogens with two attached hydrogens (primary N) is 1. The standard InChI is InChI=1S/C17H22N2O/c1-4-19(14-9-6-5-7-10-14)15-11-8-12-16(20-3)17(15)13(2)18/h5-13H,4,18H2,1-3H3. The van der Waals surface area contributed by atoms with Crippen molar-refractivity contribution in [1.29, 1.82) is 0 Å². The quantitative estimate of drug-likeness (QED) is 0.896. The first kappa shape index (κ1) is 14.4. The first-order chi connectivity index (χ1) is 9.69. The Labute approximate surface area is 121 Å². The van der Waals surface area contributed by atoms with E-state index < -0.39 is 0 Å². The lowest BCUT2D eigenvalue weighted by Gasteiger charge is -2.28. The van der Waals surface area contributed by atoms with Crippen LogP contribution < -0.4 is 15.4 Å². The Morgan fingerprint density at radius 1 is 1.10 bits per heavy atom. The monoisotopic (exact) mass is 270 g/mol. The number of anilines is 2. The van der Waals surface area contributed by atoms with Gasteiger partial charge in [-0.1, -0.05) is 24.3 Å². The third-order valence-electron chi connectivity index (χ3n) is 3.39. The highest BCUT2D eigenvalue weighted by Crippen LogP contribution is 2.36. The maximum absolute atomic E-state index is 6.15. The third kappa shape index (κ3) is 2.78. The van der Waals surface area contributed by atoms with E-state index in [0.29, 0.717) is 0 Å². The number of benzene rings is 2. The highest BCUT2D eigenvalue weighted by atomic mass is 16.5. The molecular weight excluding hydrogens is 248 g/mol. The molecule has 0 saturated carbocycles. The molecule has 0 aromatic heterocycles. The van der Waals surface area contributed by atoms with Crippen LogP contribution in [0.2, 0.25) is 0 Å². The van der Waals surface area contributed by atoms with E-state index in [2.05, 4.69) is 30.0 Å². The van der Waals surface area contributed by atoms with Gasteiger partial charge in [0.2, 0.25) is 0 Å². The Morgan fingerprint density at radius 2 is 1.80 bits per heavy atom. The van der Waals surface area contributed by atoms with Gasteiger partial charge < -0.3 is 15.4 Å². The van der Waals surface area contributed by atoms with Gasteiger partial charge in [0.05, 0.1) is 7.11 Å². The number of nitrogens with zero attached hydrogens (tertiary/aromatic N) is 1. The molecule has 0 aliphatic rings. The molecule has 2 rings (SSSR count). The smallest absolute Gasteiger partial charge is 0.125 e. The molecule has 2 N–H and O–H groups in total. The molecule has 2 aromatic carbocycles. The summed E-state index contributed by atoms with van der Waals surface area (Å²) >= 11 is 0. The van der Waals surface area contributed by atoms with Crippen molar-refractivity contribution in [3.05, 3.63) is 54.1 Å². The number of hydrogen-bond acceptors (Lipinski definition) is 3. The molecular formula is C17H22N2O. The van der Waals surface area contributed by atoms with Gasteiger partial charge in [0.1, 0.15) is 5.75 Å². The Bertz CT molecular complexity index is 552. The van der Waals surface area contributed by atoms with Crippen LogP contribution in [0.15, 0.2) is 48.5 Å². The average molecular weight is 270 g/mol. The Morgan fingerprint density at radius 3 is 2.35 bits per heavy atom. The van der Waals surface area contributed by atoms with Gasteiger partial charge in [0.15, 0.2) is 0 Å². The predicted octanol–water partition coefficient (Wildman–Crippen LogP) is 3.87. The number of methoxy groups -OCH3 is 1. The predicted molar refractivity (Wildman–Crippen MR) is 84.7 cm³/mol. The highest BCUT2D eigenvalue weighted by Gasteiger charge is 2.18. The zero-order valence-corrected chi connectivity index (χ0v) is 12.3. The van der Waals surface area contributed by atoms with E-state index in [1.54, 1.807) is 7.11 Å². The van der Waals surface area contributed by atoms with E-state index in [-0.39, 0.29) is 6.04 Å². The van der Waals surface area contributed by atoms with Crippen LogP contribution in [-0.2, 0) is 0 Å². The number of rotatable bonds is 5. The zero-order valence-electron chi connectivity index (χ0n) is 12.3. The van der Waals surface area contributed by atoms with Gasteiger partial charge in [-0.3, -0.25) is 0 Å². The van der Waals surface area contributed by atoms with Crippen molar-refractivity contribution in [1.82, 2.24) is 0 Å². The van der Waals surface area contributed by atoms with E-state index in [0.717, 1.165) is 29.2 Å². The van der Waals surface area contributed by atoms with E-state index in [1.165, 1.54) is 0 Å². The molecule has 20 heavy (non-hydrogen) atoms. The van der Waals surface area contributed by atoms with Gasteiger partial charge in [0, 0.05) is 29.5 Å². The van der Waals surface area contributed by atoms with Crippen LogP contribution in [0.3, 0.4) is 0 Å². The van der Waals surface area contributed by atoms with Crippen molar-refractivity contribution in [2.75, 3.05) is 18.6 Å². The maximum atomic E-state index is 6.15. The third-order valence-corrected chi connectivity index (χ3v) is 3.39. The van der Waals surface area contributed by atoms with Crippen molar-refractivity contribution < 1.29 is 4.74 Å². The summed E-state index contributed by atoms with van der Waals surface area (Å²) in [4.78, 5) is 2.25. The molecule has 0 spiro atoms. The summed E-state index contributed by atoms with van der Waals surface area (Å²) < 4.78 is 5.47. The average Bonchev–Trinajstić information content (AvgIpc) is 2.48. The fraction of sp³-hybridized carbons (Fsp3) is 0.294. The molecule has 0 amide bonds.